The Labute approximate surface area is 156 Å². The summed E-state index contributed by atoms with van der Waals surface area (Å²) in [5.41, 5.74) is 0.679. The lowest BCUT2D eigenvalue weighted by Gasteiger charge is -2.08. The van der Waals surface area contributed by atoms with Gasteiger partial charge in [-0.3, -0.25) is 4.79 Å². The maximum Gasteiger partial charge on any atom is 0.266 e. The molecule has 2 rings (SSSR count). The molecule has 0 unspecified atom stereocenters. The minimum absolute atomic E-state index is 0.0838. The lowest BCUT2D eigenvalue weighted by atomic mass is 10.1. The van der Waals surface area contributed by atoms with Crippen molar-refractivity contribution in [3.05, 3.63) is 53.6 Å². The van der Waals surface area contributed by atoms with E-state index in [1.807, 2.05) is 6.07 Å². The molecule has 27 heavy (non-hydrogen) atoms. The van der Waals surface area contributed by atoms with Crippen LogP contribution in [0.15, 0.2) is 52.9 Å². The van der Waals surface area contributed by atoms with Crippen molar-refractivity contribution in [2.24, 2.45) is 5.14 Å². The van der Waals surface area contributed by atoms with Crippen molar-refractivity contribution in [1.82, 2.24) is 0 Å². The Hall–Kier alpha value is -3.35. The van der Waals surface area contributed by atoms with Gasteiger partial charge in [0.2, 0.25) is 10.0 Å². The number of nitrogens with zero attached hydrogens (tertiary/aromatic N) is 1. The zero-order chi connectivity index (χ0) is 20.0. The first kappa shape index (κ1) is 20.0. The Morgan fingerprint density at radius 1 is 1.15 bits per heavy atom. The molecular formula is C18H17N3O5S. The number of amides is 1. The molecule has 0 aromatic heterocycles. The van der Waals surface area contributed by atoms with Gasteiger partial charge in [0, 0.05) is 17.3 Å². The predicted molar refractivity (Wildman–Crippen MR) is 99.6 cm³/mol. The Morgan fingerprint density at radius 3 is 2.33 bits per heavy atom. The van der Waals surface area contributed by atoms with Crippen LogP contribution in [-0.2, 0) is 14.8 Å². The highest BCUT2D eigenvalue weighted by atomic mass is 32.2. The Bertz CT molecular complexity index is 1020. The van der Waals surface area contributed by atoms with Crippen LogP contribution in [0.4, 0.5) is 5.69 Å². The molecule has 9 heteroatoms. The van der Waals surface area contributed by atoms with Crippen LogP contribution in [0.2, 0.25) is 0 Å². The summed E-state index contributed by atoms with van der Waals surface area (Å²) in [6, 6.07) is 12.1. The fourth-order valence-electron chi connectivity index (χ4n) is 2.17. The number of nitrogens with two attached hydrogens (primary N) is 1. The zero-order valence-electron chi connectivity index (χ0n) is 14.6. The third-order valence-electron chi connectivity index (χ3n) is 3.55. The maximum absolute atomic E-state index is 12.3. The highest BCUT2D eigenvalue weighted by Gasteiger charge is 2.13. The topological polar surface area (TPSA) is 132 Å². The van der Waals surface area contributed by atoms with E-state index in [4.69, 9.17) is 14.6 Å². The van der Waals surface area contributed by atoms with E-state index in [-0.39, 0.29) is 10.5 Å². The third kappa shape index (κ3) is 5.07. The van der Waals surface area contributed by atoms with E-state index < -0.39 is 15.9 Å². The second-order valence-electron chi connectivity index (χ2n) is 5.30. The monoisotopic (exact) mass is 387 g/mol. The van der Waals surface area contributed by atoms with Crippen LogP contribution in [0.25, 0.3) is 6.08 Å². The number of hydrogen-bond acceptors (Lipinski definition) is 6. The van der Waals surface area contributed by atoms with Gasteiger partial charge < -0.3 is 14.8 Å². The van der Waals surface area contributed by atoms with Crippen molar-refractivity contribution in [3.63, 3.8) is 0 Å². The molecule has 8 nitrogen and oxygen atoms in total. The summed E-state index contributed by atoms with van der Waals surface area (Å²) in [6.45, 7) is 0. The second kappa shape index (κ2) is 8.35. The van der Waals surface area contributed by atoms with Crippen molar-refractivity contribution in [3.8, 4) is 17.6 Å². The first-order valence-corrected chi connectivity index (χ1v) is 9.11. The minimum Gasteiger partial charge on any atom is -0.497 e. The van der Waals surface area contributed by atoms with Crippen LogP contribution >= 0.6 is 0 Å². The van der Waals surface area contributed by atoms with Gasteiger partial charge in [0.25, 0.3) is 5.91 Å². The van der Waals surface area contributed by atoms with Crippen molar-refractivity contribution < 1.29 is 22.7 Å². The molecule has 0 heterocycles. The van der Waals surface area contributed by atoms with Crippen LogP contribution in [0, 0.1) is 11.3 Å². The van der Waals surface area contributed by atoms with E-state index in [1.165, 1.54) is 44.6 Å². The lowest BCUT2D eigenvalue weighted by molar-refractivity contribution is -0.112. The largest absolute Gasteiger partial charge is 0.497 e. The molecule has 3 N–H and O–H groups in total. The number of hydrogen-bond donors (Lipinski definition) is 2. The molecule has 0 bridgehead atoms. The van der Waals surface area contributed by atoms with Gasteiger partial charge in [0.15, 0.2) is 0 Å². The van der Waals surface area contributed by atoms with Gasteiger partial charge in [-0.15, -0.1) is 0 Å². The molecule has 0 fully saturated rings. The Balaban J connectivity index is 2.26. The molecule has 0 radical (unpaired) electrons. The third-order valence-corrected chi connectivity index (χ3v) is 4.48. The van der Waals surface area contributed by atoms with Gasteiger partial charge in [-0.1, -0.05) is 0 Å². The highest BCUT2D eigenvalue weighted by molar-refractivity contribution is 7.89. The number of benzene rings is 2. The van der Waals surface area contributed by atoms with Gasteiger partial charge in [-0.25, -0.2) is 13.6 Å². The molecule has 0 aliphatic heterocycles. The molecular weight excluding hydrogens is 370 g/mol. The summed E-state index contributed by atoms with van der Waals surface area (Å²) in [7, 11) is -0.847. The number of primary sulfonamides is 1. The maximum atomic E-state index is 12.3. The summed E-state index contributed by atoms with van der Waals surface area (Å²) in [5, 5.41) is 16.9. The number of ether oxygens (including phenoxy) is 2. The quantitative estimate of drug-likeness (QED) is 0.575. The van der Waals surface area contributed by atoms with E-state index in [1.54, 1.807) is 18.2 Å². The minimum atomic E-state index is -3.82. The number of sulfonamides is 1. The summed E-state index contributed by atoms with van der Waals surface area (Å²) in [5.74, 6) is 0.355. The van der Waals surface area contributed by atoms with Crippen molar-refractivity contribution in [2.75, 3.05) is 19.5 Å². The second-order valence-corrected chi connectivity index (χ2v) is 6.86. The first-order valence-electron chi connectivity index (χ1n) is 7.56. The molecule has 0 saturated heterocycles. The van der Waals surface area contributed by atoms with E-state index in [0.29, 0.717) is 22.7 Å². The van der Waals surface area contributed by atoms with Crippen molar-refractivity contribution >= 4 is 27.7 Å². The molecule has 0 spiro atoms. The predicted octanol–water partition coefficient (Wildman–Crippen LogP) is 1.90. The van der Waals surface area contributed by atoms with Crippen LogP contribution in [0.3, 0.4) is 0 Å². The molecule has 0 aliphatic rings. The van der Waals surface area contributed by atoms with E-state index in [9.17, 15) is 18.5 Å². The fraction of sp³-hybridized carbons (Fsp3) is 0.111. The smallest absolute Gasteiger partial charge is 0.266 e. The van der Waals surface area contributed by atoms with Gasteiger partial charge in [0.1, 0.15) is 23.1 Å². The number of nitrogens with one attached hydrogen (secondary N) is 1. The molecule has 0 aliphatic carbocycles. The number of carbonyl (C=O) groups excluding carboxylic acids is 1. The molecule has 0 saturated carbocycles. The van der Waals surface area contributed by atoms with Gasteiger partial charge in [0.05, 0.1) is 19.1 Å². The number of rotatable bonds is 6. The van der Waals surface area contributed by atoms with Crippen LogP contribution in [0.5, 0.6) is 11.5 Å². The normalized spacial score (nSPS) is 11.4. The van der Waals surface area contributed by atoms with Crippen LogP contribution in [-0.4, -0.2) is 28.5 Å². The van der Waals surface area contributed by atoms with E-state index in [2.05, 4.69) is 5.32 Å². The number of nitriles is 1. The van der Waals surface area contributed by atoms with Crippen LogP contribution in [0.1, 0.15) is 5.56 Å². The van der Waals surface area contributed by atoms with Crippen molar-refractivity contribution in [1.29, 1.82) is 5.26 Å². The Kier molecular flexibility index (Phi) is 6.18. The van der Waals surface area contributed by atoms with Gasteiger partial charge in [-0.2, -0.15) is 5.26 Å². The number of carbonyl (C=O) groups is 1. The standard InChI is InChI=1S/C18H17N3O5S/c1-25-15-6-3-12(17(10-15)26-2)9-13(11-19)18(22)21-14-4-7-16(8-5-14)27(20,23)24/h3-10H,1-2H3,(H,21,22)(H2,20,23,24)/b13-9+. The molecule has 140 valence electrons. The van der Waals surface area contributed by atoms with Crippen LogP contribution < -0.4 is 19.9 Å². The van der Waals surface area contributed by atoms with Gasteiger partial charge in [-0.05, 0) is 42.5 Å². The molecule has 0 atom stereocenters. The molecule has 2 aromatic rings. The Morgan fingerprint density at radius 2 is 1.81 bits per heavy atom. The highest BCUT2D eigenvalue weighted by Crippen LogP contribution is 2.26. The number of methoxy groups -OCH3 is 2. The fourth-order valence-corrected chi connectivity index (χ4v) is 2.68. The van der Waals surface area contributed by atoms with Gasteiger partial charge >= 0.3 is 0 Å². The average molecular weight is 387 g/mol. The zero-order valence-corrected chi connectivity index (χ0v) is 15.4. The van der Waals surface area contributed by atoms with E-state index in [0.717, 1.165) is 0 Å². The lowest BCUT2D eigenvalue weighted by Crippen LogP contribution is -2.14. The average Bonchev–Trinajstić information content (AvgIpc) is 2.65. The van der Waals surface area contributed by atoms with Crippen molar-refractivity contribution in [2.45, 2.75) is 4.90 Å². The summed E-state index contributed by atoms with van der Waals surface area (Å²) in [6.07, 6.45) is 1.38. The summed E-state index contributed by atoms with van der Waals surface area (Å²) < 4.78 is 32.8. The first-order chi connectivity index (χ1) is 12.8. The number of anilines is 1. The summed E-state index contributed by atoms with van der Waals surface area (Å²) in [4.78, 5) is 12.3. The summed E-state index contributed by atoms with van der Waals surface area (Å²) >= 11 is 0. The molecule has 2 aromatic carbocycles. The SMILES string of the molecule is COc1ccc(/C=C(\C#N)C(=O)Nc2ccc(S(N)(=O)=O)cc2)c(OC)c1. The van der Waals surface area contributed by atoms with E-state index >= 15 is 0 Å². The molecule has 1 amide bonds.